The number of rotatable bonds is 4. The highest BCUT2D eigenvalue weighted by molar-refractivity contribution is 5.97. The van der Waals surface area contributed by atoms with E-state index >= 15 is 0 Å². The van der Waals surface area contributed by atoms with Gasteiger partial charge in [-0.3, -0.25) is 14.4 Å². The fourth-order valence-corrected chi connectivity index (χ4v) is 3.82. The molecule has 4 rings (SSSR count). The molecule has 3 heterocycles. The number of hydrogen-bond acceptors (Lipinski definition) is 4. The molecule has 1 aromatic carbocycles. The molecule has 31 heavy (non-hydrogen) atoms. The van der Waals surface area contributed by atoms with Gasteiger partial charge in [0, 0.05) is 30.7 Å². The van der Waals surface area contributed by atoms with Gasteiger partial charge in [-0.2, -0.15) is 0 Å². The molecule has 2 aromatic heterocycles. The van der Waals surface area contributed by atoms with Crippen LogP contribution in [0.15, 0.2) is 47.4 Å². The molecule has 1 N–H and O–H groups in total. The second kappa shape index (κ2) is 8.67. The number of carbonyl (C=O) groups is 2. The zero-order valence-electron chi connectivity index (χ0n) is 17.2. The minimum atomic E-state index is -0.460. The van der Waals surface area contributed by atoms with Crippen LogP contribution >= 0.6 is 0 Å². The molecule has 0 atom stereocenters. The Morgan fingerprint density at radius 1 is 1.13 bits per heavy atom. The van der Waals surface area contributed by atoms with Crippen LogP contribution in [0.25, 0.3) is 11.0 Å². The van der Waals surface area contributed by atoms with Crippen molar-refractivity contribution in [2.45, 2.75) is 32.7 Å². The molecule has 3 aromatic rings. The van der Waals surface area contributed by atoms with Gasteiger partial charge in [-0.15, -0.1) is 0 Å². The van der Waals surface area contributed by atoms with Crippen molar-refractivity contribution >= 4 is 28.5 Å². The van der Waals surface area contributed by atoms with Crippen LogP contribution in [0.3, 0.4) is 0 Å². The Balaban J connectivity index is 1.71. The zero-order valence-corrected chi connectivity index (χ0v) is 17.2. The number of amides is 2. The lowest BCUT2D eigenvalue weighted by molar-refractivity contribution is -0.116. The van der Waals surface area contributed by atoms with Crippen molar-refractivity contribution < 1.29 is 14.0 Å². The molecule has 0 bridgehead atoms. The first-order chi connectivity index (χ1) is 14.9. The standard InChI is InChI=1S/C23H23FN4O3/c1-15-8-9-18-21(30)19(23(31)27-10-3-2-4-11-27)13-28(22(18)25-15)14-20(29)26-17-7-5-6-16(24)12-17/h5-9,12-13H,2-4,10-11,14H2,1H3,(H,26,29). The summed E-state index contributed by atoms with van der Waals surface area (Å²) in [5.41, 5.74) is 0.971. The van der Waals surface area contributed by atoms with Gasteiger partial charge in [0.25, 0.3) is 5.91 Å². The Morgan fingerprint density at radius 2 is 1.90 bits per heavy atom. The van der Waals surface area contributed by atoms with E-state index in [-0.39, 0.29) is 28.8 Å². The van der Waals surface area contributed by atoms with Gasteiger partial charge >= 0.3 is 0 Å². The van der Waals surface area contributed by atoms with Crippen LogP contribution in [0.5, 0.6) is 0 Å². The molecule has 1 aliphatic heterocycles. The summed E-state index contributed by atoms with van der Waals surface area (Å²) in [6.07, 6.45) is 4.29. The van der Waals surface area contributed by atoms with E-state index in [1.165, 1.54) is 29.0 Å². The van der Waals surface area contributed by atoms with Crippen LogP contribution in [-0.4, -0.2) is 39.4 Å². The Kier molecular flexibility index (Phi) is 5.79. The second-order valence-corrected chi connectivity index (χ2v) is 7.73. The third kappa shape index (κ3) is 4.47. The quantitative estimate of drug-likeness (QED) is 0.700. The monoisotopic (exact) mass is 422 g/mol. The van der Waals surface area contributed by atoms with E-state index in [9.17, 15) is 18.8 Å². The molecule has 0 saturated carbocycles. The summed E-state index contributed by atoms with van der Waals surface area (Å²) in [4.78, 5) is 44.8. The normalized spacial score (nSPS) is 13.9. The van der Waals surface area contributed by atoms with Gasteiger partial charge in [-0.25, -0.2) is 9.37 Å². The summed E-state index contributed by atoms with van der Waals surface area (Å²) >= 11 is 0. The van der Waals surface area contributed by atoms with E-state index in [1.807, 2.05) is 0 Å². The van der Waals surface area contributed by atoms with Crippen molar-refractivity contribution in [3.05, 3.63) is 69.9 Å². The van der Waals surface area contributed by atoms with Crippen LogP contribution in [0.2, 0.25) is 0 Å². The number of nitrogens with one attached hydrogen (secondary N) is 1. The molecule has 0 unspecified atom stereocenters. The minimum absolute atomic E-state index is 0.0265. The predicted molar refractivity (Wildman–Crippen MR) is 116 cm³/mol. The van der Waals surface area contributed by atoms with Crippen LogP contribution in [-0.2, 0) is 11.3 Å². The molecule has 160 valence electrons. The molecule has 2 amide bonds. The summed E-state index contributed by atoms with van der Waals surface area (Å²) in [6.45, 7) is 2.84. The number of hydrogen-bond donors (Lipinski definition) is 1. The maximum Gasteiger partial charge on any atom is 0.259 e. The van der Waals surface area contributed by atoms with Crippen molar-refractivity contribution in [2.75, 3.05) is 18.4 Å². The van der Waals surface area contributed by atoms with E-state index in [0.29, 0.717) is 30.1 Å². The van der Waals surface area contributed by atoms with E-state index < -0.39 is 11.7 Å². The van der Waals surface area contributed by atoms with Crippen LogP contribution < -0.4 is 10.7 Å². The summed E-state index contributed by atoms with van der Waals surface area (Å²) < 4.78 is 14.9. The van der Waals surface area contributed by atoms with E-state index in [1.54, 1.807) is 30.0 Å². The van der Waals surface area contributed by atoms with Crippen molar-refractivity contribution in [1.29, 1.82) is 0 Å². The number of pyridine rings is 2. The Hall–Kier alpha value is -3.55. The lowest BCUT2D eigenvalue weighted by Crippen LogP contribution is -2.38. The maximum absolute atomic E-state index is 13.4. The third-order valence-electron chi connectivity index (χ3n) is 5.36. The number of carbonyl (C=O) groups excluding carboxylic acids is 2. The lowest BCUT2D eigenvalue weighted by Gasteiger charge is -2.26. The molecule has 8 heteroatoms. The predicted octanol–water partition coefficient (Wildman–Crippen LogP) is 3.11. The number of piperidine rings is 1. The van der Waals surface area contributed by atoms with Gasteiger partial charge in [-0.05, 0) is 56.5 Å². The molecule has 0 aliphatic carbocycles. The molecular formula is C23H23FN4O3. The van der Waals surface area contributed by atoms with Crippen molar-refractivity contribution in [2.24, 2.45) is 0 Å². The average molecular weight is 422 g/mol. The first kappa shape index (κ1) is 20.7. The van der Waals surface area contributed by atoms with Crippen LogP contribution in [0.4, 0.5) is 10.1 Å². The van der Waals surface area contributed by atoms with Crippen molar-refractivity contribution in [3.8, 4) is 0 Å². The Morgan fingerprint density at radius 3 is 2.65 bits per heavy atom. The molecule has 7 nitrogen and oxygen atoms in total. The number of fused-ring (bicyclic) bond motifs is 1. The highest BCUT2D eigenvalue weighted by atomic mass is 19.1. The van der Waals surface area contributed by atoms with Gasteiger partial charge < -0.3 is 14.8 Å². The summed E-state index contributed by atoms with van der Waals surface area (Å²) in [5, 5.41) is 2.92. The molecule has 1 saturated heterocycles. The number of nitrogens with zero attached hydrogens (tertiary/aromatic N) is 3. The molecule has 1 aliphatic rings. The highest BCUT2D eigenvalue weighted by Crippen LogP contribution is 2.16. The number of aromatic nitrogens is 2. The zero-order chi connectivity index (χ0) is 22.0. The molecule has 0 radical (unpaired) electrons. The maximum atomic E-state index is 13.4. The number of benzene rings is 1. The number of aryl methyl sites for hydroxylation is 1. The van der Waals surface area contributed by atoms with Gasteiger partial charge in [0.1, 0.15) is 23.6 Å². The fourth-order valence-electron chi connectivity index (χ4n) is 3.82. The number of halogens is 1. The number of anilines is 1. The van der Waals surface area contributed by atoms with Crippen molar-refractivity contribution in [3.63, 3.8) is 0 Å². The summed E-state index contributed by atoms with van der Waals surface area (Å²) in [7, 11) is 0. The van der Waals surface area contributed by atoms with E-state index in [0.717, 1.165) is 19.3 Å². The summed E-state index contributed by atoms with van der Waals surface area (Å²) in [5.74, 6) is -1.21. The van der Waals surface area contributed by atoms with Gasteiger partial charge in [0.05, 0.1) is 5.39 Å². The summed E-state index contributed by atoms with van der Waals surface area (Å²) in [6, 6.07) is 8.92. The van der Waals surface area contributed by atoms with Crippen LogP contribution in [0, 0.1) is 12.7 Å². The van der Waals surface area contributed by atoms with E-state index in [2.05, 4.69) is 10.3 Å². The largest absolute Gasteiger partial charge is 0.338 e. The van der Waals surface area contributed by atoms with Crippen molar-refractivity contribution in [1.82, 2.24) is 14.5 Å². The third-order valence-corrected chi connectivity index (χ3v) is 5.36. The average Bonchev–Trinajstić information content (AvgIpc) is 2.75. The lowest BCUT2D eigenvalue weighted by atomic mass is 10.1. The topological polar surface area (TPSA) is 84.3 Å². The molecular weight excluding hydrogens is 399 g/mol. The van der Waals surface area contributed by atoms with Gasteiger partial charge in [0.2, 0.25) is 11.3 Å². The van der Waals surface area contributed by atoms with E-state index in [4.69, 9.17) is 0 Å². The molecule has 1 fully saturated rings. The fraction of sp³-hybridized carbons (Fsp3) is 0.304. The first-order valence-corrected chi connectivity index (χ1v) is 10.3. The minimum Gasteiger partial charge on any atom is -0.338 e. The first-order valence-electron chi connectivity index (χ1n) is 10.3. The second-order valence-electron chi connectivity index (χ2n) is 7.73. The highest BCUT2D eigenvalue weighted by Gasteiger charge is 2.23. The smallest absolute Gasteiger partial charge is 0.259 e. The Labute approximate surface area is 178 Å². The van der Waals surface area contributed by atoms with Gasteiger partial charge in [-0.1, -0.05) is 6.07 Å². The number of likely N-dealkylation sites (tertiary alicyclic amines) is 1. The van der Waals surface area contributed by atoms with Gasteiger partial charge in [0.15, 0.2) is 0 Å². The van der Waals surface area contributed by atoms with Crippen LogP contribution in [0.1, 0.15) is 35.3 Å². The SMILES string of the molecule is Cc1ccc2c(=O)c(C(=O)N3CCCCC3)cn(CC(=O)Nc3cccc(F)c3)c2n1. The Bertz CT molecular complexity index is 1220. The molecule has 0 spiro atoms.